The van der Waals surface area contributed by atoms with Crippen LogP contribution in [0.25, 0.3) is 6.08 Å². The molecule has 2 N–H and O–H groups in total. The number of hydrogen-bond acceptors (Lipinski definition) is 5. The number of β-amino-alcohol motifs (C(OH)–C–C–N with tert-alkyl or cyclic N) is 1. The number of nitrogens with zero attached hydrogens (tertiary/aromatic N) is 2. The number of aromatic nitrogens is 1. The Morgan fingerprint density at radius 1 is 1.57 bits per heavy atom. The standard InChI is InChI=1S/C14H19N3O3S/c1-9-16-11(8-21-9)3-4-14(20)17-6-10(12(18)7-17)5-13(19)15-2/h3-4,8,10,12,18H,5-7H2,1-2H3,(H,15,19)/b4-3+/t10-,12-/m0/s1. The van der Waals surface area contributed by atoms with Crippen LogP contribution in [0.3, 0.4) is 0 Å². The number of likely N-dealkylation sites (tertiary alicyclic amines) is 1. The smallest absolute Gasteiger partial charge is 0.246 e. The summed E-state index contributed by atoms with van der Waals surface area (Å²) in [4.78, 5) is 29.2. The molecule has 7 heteroatoms. The minimum absolute atomic E-state index is 0.123. The fourth-order valence-corrected chi connectivity index (χ4v) is 2.87. The molecule has 1 saturated heterocycles. The van der Waals surface area contributed by atoms with Crippen molar-refractivity contribution in [3.63, 3.8) is 0 Å². The molecule has 1 aliphatic rings. The normalized spacial score (nSPS) is 22.0. The van der Waals surface area contributed by atoms with E-state index in [-0.39, 0.29) is 30.7 Å². The van der Waals surface area contributed by atoms with Crippen LogP contribution in [-0.2, 0) is 9.59 Å². The monoisotopic (exact) mass is 309 g/mol. The molecular formula is C14H19N3O3S. The summed E-state index contributed by atoms with van der Waals surface area (Å²) in [5, 5.41) is 15.3. The predicted octanol–water partition coefficient (Wildman–Crippen LogP) is 0.420. The van der Waals surface area contributed by atoms with E-state index in [1.54, 1.807) is 18.0 Å². The highest BCUT2D eigenvalue weighted by atomic mass is 32.1. The fraction of sp³-hybridized carbons (Fsp3) is 0.500. The summed E-state index contributed by atoms with van der Waals surface area (Å²) in [5.41, 5.74) is 0.757. The molecular weight excluding hydrogens is 290 g/mol. The van der Waals surface area contributed by atoms with Crippen molar-refractivity contribution < 1.29 is 14.7 Å². The summed E-state index contributed by atoms with van der Waals surface area (Å²) >= 11 is 1.53. The molecule has 1 aliphatic heterocycles. The van der Waals surface area contributed by atoms with Crippen LogP contribution in [0.4, 0.5) is 0 Å². The molecule has 0 bridgehead atoms. The van der Waals surface area contributed by atoms with Crippen molar-refractivity contribution in [2.45, 2.75) is 19.4 Å². The molecule has 6 nitrogen and oxygen atoms in total. The van der Waals surface area contributed by atoms with E-state index >= 15 is 0 Å². The zero-order valence-electron chi connectivity index (χ0n) is 12.1. The molecule has 21 heavy (non-hydrogen) atoms. The number of rotatable bonds is 4. The Bertz CT molecular complexity index is 555. The second kappa shape index (κ2) is 6.82. The van der Waals surface area contributed by atoms with Crippen molar-refractivity contribution >= 4 is 29.2 Å². The van der Waals surface area contributed by atoms with E-state index in [0.29, 0.717) is 6.54 Å². The van der Waals surface area contributed by atoms with Gasteiger partial charge in [-0.15, -0.1) is 11.3 Å². The predicted molar refractivity (Wildman–Crippen MR) is 80.6 cm³/mol. The Balaban J connectivity index is 1.92. The van der Waals surface area contributed by atoms with E-state index in [4.69, 9.17) is 0 Å². The Kier molecular flexibility index (Phi) is 5.08. The van der Waals surface area contributed by atoms with E-state index in [9.17, 15) is 14.7 Å². The molecule has 114 valence electrons. The van der Waals surface area contributed by atoms with Gasteiger partial charge < -0.3 is 15.3 Å². The van der Waals surface area contributed by atoms with Crippen LogP contribution in [0.5, 0.6) is 0 Å². The third-order valence-electron chi connectivity index (χ3n) is 3.48. The first kappa shape index (κ1) is 15.7. The molecule has 2 rings (SSSR count). The van der Waals surface area contributed by atoms with Crippen LogP contribution in [0.2, 0.25) is 0 Å². The van der Waals surface area contributed by atoms with Gasteiger partial charge in [-0.3, -0.25) is 9.59 Å². The van der Waals surface area contributed by atoms with Crippen LogP contribution in [0.1, 0.15) is 17.1 Å². The van der Waals surface area contributed by atoms with Gasteiger partial charge in [0.1, 0.15) is 0 Å². The molecule has 0 spiro atoms. The van der Waals surface area contributed by atoms with Gasteiger partial charge in [0.25, 0.3) is 0 Å². The molecule has 0 aliphatic carbocycles. The molecule has 2 atom stereocenters. The molecule has 2 heterocycles. The van der Waals surface area contributed by atoms with Crippen LogP contribution in [0, 0.1) is 12.8 Å². The summed E-state index contributed by atoms with van der Waals surface area (Å²) < 4.78 is 0. The van der Waals surface area contributed by atoms with Crippen molar-refractivity contribution in [3.8, 4) is 0 Å². The Morgan fingerprint density at radius 2 is 2.33 bits per heavy atom. The lowest BCUT2D eigenvalue weighted by molar-refractivity contribution is -0.126. The van der Waals surface area contributed by atoms with Crippen LogP contribution >= 0.6 is 11.3 Å². The Labute approximate surface area is 127 Å². The van der Waals surface area contributed by atoms with E-state index in [1.807, 2.05) is 12.3 Å². The number of aryl methyl sites for hydroxylation is 1. The average molecular weight is 309 g/mol. The lowest BCUT2D eigenvalue weighted by Gasteiger charge is -2.13. The number of carbonyl (C=O) groups is 2. The van der Waals surface area contributed by atoms with E-state index in [0.717, 1.165) is 10.7 Å². The highest BCUT2D eigenvalue weighted by Gasteiger charge is 2.34. The molecule has 0 unspecified atom stereocenters. The molecule has 1 aromatic rings. The summed E-state index contributed by atoms with van der Waals surface area (Å²) in [5.74, 6) is -0.496. The number of carbonyl (C=O) groups excluding carboxylic acids is 2. The van der Waals surface area contributed by atoms with E-state index < -0.39 is 6.10 Å². The minimum atomic E-state index is -0.652. The van der Waals surface area contributed by atoms with Gasteiger partial charge in [0.05, 0.1) is 16.8 Å². The molecule has 0 aromatic carbocycles. The van der Waals surface area contributed by atoms with Gasteiger partial charge in [-0.05, 0) is 13.0 Å². The zero-order valence-corrected chi connectivity index (χ0v) is 12.9. The number of aliphatic hydroxyl groups excluding tert-OH is 1. The SMILES string of the molecule is CNC(=O)C[C@H]1CN(C(=O)/C=C/c2csc(C)n2)C[C@@H]1O. The first-order chi connectivity index (χ1) is 9.99. The second-order valence-corrected chi connectivity index (χ2v) is 6.13. The molecule has 2 amide bonds. The second-order valence-electron chi connectivity index (χ2n) is 5.07. The number of aliphatic hydroxyl groups is 1. The van der Waals surface area contributed by atoms with Gasteiger partial charge in [0.15, 0.2) is 0 Å². The van der Waals surface area contributed by atoms with Gasteiger partial charge in [-0.2, -0.15) is 0 Å². The lowest BCUT2D eigenvalue weighted by atomic mass is 10.0. The van der Waals surface area contributed by atoms with E-state index in [2.05, 4.69) is 10.3 Å². The topological polar surface area (TPSA) is 82.5 Å². The minimum Gasteiger partial charge on any atom is -0.391 e. The Morgan fingerprint density at radius 3 is 2.95 bits per heavy atom. The maximum absolute atomic E-state index is 12.1. The number of amides is 2. The van der Waals surface area contributed by atoms with Crippen molar-refractivity contribution in [3.05, 3.63) is 22.2 Å². The van der Waals surface area contributed by atoms with Gasteiger partial charge in [-0.25, -0.2) is 4.98 Å². The lowest BCUT2D eigenvalue weighted by Crippen LogP contribution is -2.28. The largest absolute Gasteiger partial charge is 0.391 e. The molecule has 0 radical (unpaired) electrons. The van der Waals surface area contributed by atoms with Crippen LogP contribution in [0.15, 0.2) is 11.5 Å². The van der Waals surface area contributed by atoms with Crippen molar-refractivity contribution in [2.24, 2.45) is 5.92 Å². The third kappa shape index (κ3) is 4.12. The van der Waals surface area contributed by atoms with Crippen molar-refractivity contribution in [1.82, 2.24) is 15.2 Å². The van der Waals surface area contributed by atoms with Gasteiger partial charge in [-0.1, -0.05) is 0 Å². The van der Waals surface area contributed by atoms with Gasteiger partial charge >= 0.3 is 0 Å². The summed E-state index contributed by atoms with van der Waals surface area (Å²) in [6.07, 6.45) is 2.71. The highest BCUT2D eigenvalue weighted by molar-refractivity contribution is 7.09. The summed E-state index contributed by atoms with van der Waals surface area (Å²) in [7, 11) is 1.56. The maximum Gasteiger partial charge on any atom is 0.246 e. The third-order valence-corrected chi connectivity index (χ3v) is 4.27. The van der Waals surface area contributed by atoms with Gasteiger partial charge in [0.2, 0.25) is 11.8 Å². The van der Waals surface area contributed by atoms with Crippen molar-refractivity contribution in [2.75, 3.05) is 20.1 Å². The molecule has 1 fully saturated rings. The van der Waals surface area contributed by atoms with Crippen LogP contribution in [-0.4, -0.2) is 53.0 Å². The first-order valence-electron chi connectivity index (χ1n) is 6.77. The zero-order chi connectivity index (χ0) is 15.4. The maximum atomic E-state index is 12.1. The highest BCUT2D eigenvalue weighted by Crippen LogP contribution is 2.21. The molecule has 0 saturated carbocycles. The summed E-state index contributed by atoms with van der Waals surface area (Å²) in [6.45, 7) is 2.57. The van der Waals surface area contributed by atoms with Gasteiger partial charge in [0, 0.05) is 43.9 Å². The number of nitrogens with one attached hydrogen (secondary N) is 1. The summed E-state index contributed by atoms with van der Waals surface area (Å²) in [6, 6.07) is 0. The fourth-order valence-electron chi connectivity index (χ4n) is 2.29. The number of thiazole rings is 1. The quantitative estimate of drug-likeness (QED) is 0.790. The Hall–Kier alpha value is -1.73. The first-order valence-corrected chi connectivity index (χ1v) is 7.65. The number of hydrogen-bond donors (Lipinski definition) is 2. The van der Waals surface area contributed by atoms with Crippen LogP contribution < -0.4 is 5.32 Å². The van der Waals surface area contributed by atoms with Crippen molar-refractivity contribution in [1.29, 1.82) is 0 Å². The average Bonchev–Trinajstić information content (AvgIpc) is 3.03. The van der Waals surface area contributed by atoms with E-state index in [1.165, 1.54) is 17.4 Å². The molecule has 1 aromatic heterocycles.